The Morgan fingerprint density at radius 1 is 1.16 bits per heavy atom. The van der Waals surface area contributed by atoms with Gasteiger partial charge in [-0.1, -0.05) is 32.6 Å². The number of phenolic OH excluding ortho intramolecular Hbond substituents is 1. The molecule has 3 aromatic rings. The topological polar surface area (TPSA) is 104 Å². The molecule has 2 aromatic heterocycles. The Morgan fingerprint density at radius 2 is 1.81 bits per heavy atom. The highest BCUT2D eigenvalue weighted by molar-refractivity contribution is 5.93. The average molecular weight is 591 g/mol. The van der Waals surface area contributed by atoms with E-state index in [1.165, 1.54) is 22.8 Å². The number of anilines is 1. The van der Waals surface area contributed by atoms with Crippen molar-refractivity contribution in [2.24, 2.45) is 10.9 Å². The maximum absolute atomic E-state index is 15.9. The van der Waals surface area contributed by atoms with Crippen molar-refractivity contribution in [3.05, 3.63) is 76.4 Å². The van der Waals surface area contributed by atoms with E-state index in [0.717, 1.165) is 12.1 Å². The van der Waals surface area contributed by atoms with E-state index in [-0.39, 0.29) is 40.8 Å². The molecule has 1 saturated heterocycles. The van der Waals surface area contributed by atoms with Crippen LogP contribution in [0.15, 0.2) is 64.1 Å². The van der Waals surface area contributed by atoms with Crippen LogP contribution >= 0.6 is 0 Å². The first kappa shape index (κ1) is 31.3. The lowest BCUT2D eigenvalue weighted by atomic mass is 10.0. The molecule has 226 valence electrons. The molecule has 4 rings (SSSR count). The average Bonchev–Trinajstić information content (AvgIpc) is 2.95. The molecule has 1 N–H and O–H groups in total. The summed E-state index contributed by atoms with van der Waals surface area (Å²) in [6, 6.07) is 4.21. The van der Waals surface area contributed by atoms with Crippen molar-refractivity contribution in [2.75, 3.05) is 18.0 Å². The van der Waals surface area contributed by atoms with Crippen molar-refractivity contribution in [1.29, 1.82) is 0 Å². The molecule has 0 bridgehead atoms. The molecule has 9 nitrogen and oxygen atoms in total. The van der Waals surface area contributed by atoms with Gasteiger partial charge < -0.3 is 14.9 Å². The Bertz CT molecular complexity index is 1710. The number of amides is 1. The van der Waals surface area contributed by atoms with Crippen LogP contribution in [0.5, 0.6) is 5.75 Å². The normalized spacial score (nSPS) is 18.2. The molecule has 1 aliphatic rings. The Labute approximate surface area is 249 Å². The third-order valence-electron chi connectivity index (χ3n) is 7.67. The minimum absolute atomic E-state index is 0.00282. The van der Waals surface area contributed by atoms with Gasteiger partial charge in [-0.2, -0.15) is 4.98 Å². The molecule has 0 spiro atoms. The molecule has 1 fully saturated rings. The lowest BCUT2D eigenvalue weighted by Gasteiger charge is -2.44. The summed E-state index contributed by atoms with van der Waals surface area (Å²) in [5.41, 5.74) is -0.107. The summed E-state index contributed by atoms with van der Waals surface area (Å²) < 4.78 is 32.1. The summed E-state index contributed by atoms with van der Waals surface area (Å²) in [6.07, 6.45) is 3.05. The standard InChI is InChI=1S/C32H36F2N6O3/c1-9-18(5)29(27(35-8)17(3)4)40-31-21(14-23(34)28(36-31)26-22(33)12-11-13-24(26)41)30(37-32(40)43)38-15-19(6)39(20(7)16-38)25(42)10-2/h9-14,17,19-20,41H,2,8,15-16H2,1,3-7H3/b18-9-,29-27+/t19-,20+. The van der Waals surface area contributed by atoms with E-state index in [4.69, 9.17) is 0 Å². The van der Waals surface area contributed by atoms with Crippen molar-refractivity contribution in [3.8, 4) is 17.0 Å². The van der Waals surface area contributed by atoms with Crippen molar-refractivity contribution < 1.29 is 18.7 Å². The molecule has 3 heterocycles. The highest BCUT2D eigenvalue weighted by atomic mass is 19.1. The fourth-order valence-electron chi connectivity index (χ4n) is 5.67. The van der Waals surface area contributed by atoms with Crippen molar-refractivity contribution in [3.63, 3.8) is 0 Å². The van der Waals surface area contributed by atoms with Gasteiger partial charge in [0.15, 0.2) is 11.5 Å². The van der Waals surface area contributed by atoms with Gasteiger partial charge >= 0.3 is 5.69 Å². The number of phenols is 1. The molecular formula is C32H36F2N6O3. The first-order valence-corrected chi connectivity index (χ1v) is 14.0. The number of carbonyl (C=O) groups excluding carboxylic acids is 1. The minimum atomic E-state index is -0.915. The summed E-state index contributed by atoms with van der Waals surface area (Å²) >= 11 is 0. The Morgan fingerprint density at radius 3 is 2.35 bits per heavy atom. The zero-order valence-electron chi connectivity index (χ0n) is 25.2. The first-order valence-electron chi connectivity index (χ1n) is 14.0. The number of hydrogen-bond donors (Lipinski definition) is 1. The second-order valence-electron chi connectivity index (χ2n) is 10.9. The highest BCUT2D eigenvalue weighted by Gasteiger charge is 2.34. The molecule has 43 heavy (non-hydrogen) atoms. The fourth-order valence-corrected chi connectivity index (χ4v) is 5.67. The molecule has 1 amide bonds. The number of piperazine rings is 1. The quantitative estimate of drug-likeness (QED) is 0.220. The van der Waals surface area contributed by atoms with Crippen LogP contribution in [0.1, 0.15) is 41.5 Å². The Balaban J connectivity index is 2.12. The molecular weight excluding hydrogens is 554 g/mol. The second kappa shape index (κ2) is 12.3. The molecule has 0 radical (unpaired) electrons. The molecule has 0 aliphatic carbocycles. The van der Waals surface area contributed by atoms with E-state index in [1.807, 2.05) is 32.6 Å². The summed E-state index contributed by atoms with van der Waals surface area (Å²) in [5, 5.41) is 10.7. The minimum Gasteiger partial charge on any atom is -0.507 e. The number of carbonyl (C=O) groups is 1. The van der Waals surface area contributed by atoms with Crippen LogP contribution in [-0.4, -0.2) is 62.3 Å². The van der Waals surface area contributed by atoms with Gasteiger partial charge in [-0.25, -0.2) is 23.1 Å². The van der Waals surface area contributed by atoms with Crippen LogP contribution in [0.3, 0.4) is 0 Å². The van der Waals surface area contributed by atoms with E-state index in [0.29, 0.717) is 30.1 Å². The number of nitrogens with zero attached hydrogens (tertiary/aromatic N) is 6. The number of rotatable bonds is 7. The lowest BCUT2D eigenvalue weighted by molar-refractivity contribution is -0.130. The van der Waals surface area contributed by atoms with Crippen molar-refractivity contribution >= 4 is 35.2 Å². The molecule has 11 heteroatoms. The largest absolute Gasteiger partial charge is 0.507 e. The van der Waals surface area contributed by atoms with Crippen LogP contribution in [0, 0.1) is 17.6 Å². The summed E-state index contributed by atoms with van der Waals surface area (Å²) in [7, 11) is 0. The number of aromatic hydroxyl groups is 1. The van der Waals surface area contributed by atoms with E-state index in [9.17, 15) is 19.1 Å². The van der Waals surface area contributed by atoms with Gasteiger partial charge in [-0.15, -0.1) is 0 Å². The maximum atomic E-state index is 15.9. The van der Waals surface area contributed by atoms with Crippen LogP contribution in [0.25, 0.3) is 28.0 Å². The van der Waals surface area contributed by atoms with Crippen LogP contribution < -0.4 is 10.6 Å². The van der Waals surface area contributed by atoms with Gasteiger partial charge in [0.25, 0.3) is 0 Å². The maximum Gasteiger partial charge on any atom is 0.355 e. The first-order chi connectivity index (χ1) is 20.4. The second-order valence-corrected chi connectivity index (χ2v) is 10.9. The van der Waals surface area contributed by atoms with Gasteiger partial charge in [-0.3, -0.25) is 9.79 Å². The van der Waals surface area contributed by atoms with E-state index >= 15 is 4.39 Å². The van der Waals surface area contributed by atoms with Gasteiger partial charge in [-0.05, 0) is 70.2 Å². The van der Waals surface area contributed by atoms with Crippen LogP contribution in [-0.2, 0) is 4.79 Å². The number of aliphatic imine (C=N–C) groups is 1. The fraction of sp³-hybridized carbons (Fsp3) is 0.344. The van der Waals surface area contributed by atoms with Crippen LogP contribution in [0.2, 0.25) is 0 Å². The number of benzene rings is 1. The predicted molar refractivity (Wildman–Crippen MR) is 166 cm³/mol. The molecule has 1 aliphatic heterocycles. The SMILES string of the molecule is C=CC(=O)N1[C@H](C)CN(c2nc(=O)n(C(/C(C)=C\C)=C(/N=C)C(C)C)c3nc(-c4c(O)cccc4F)c(F)cc23)C[C@@H]1C. The Kier molecular flexibility index (Phi) is 8.93. The molecule has 0 unspecified atom stereocenters. The number of hydrogen-bond acceptors (Lipinski definition) is 7. The van der Waals surface area contributed by atoms with Gasteiger partial charge in [0, 0.05) is 25.2 Å². The molecule has 1 aromatic carbocycles. The van der Waals surface area contributed by atoms with Gasteiger partial charge in [0.1, 0.15) is 23.1 Å². The van der Waals surface area contributed by atoms with E-state index in [2.05, 4.69) is 28.3 Å². The smallest absolute Gasteiger partial charge is 0.355 e. The van der Waals surface area contributed by atoms with Crippen molar-refractivity contribution in [1.82, 2.24) is 19.4 Å². The molecule has 0 saturated carbocycles. The number of pyridine rings is 1. The number of allylic oxidation sites excluding steroid dienone is 4. The van der Waals surface area contributed by atoms with Gasteiger partial charge in [0.05, 0.1) is 22.3 Å². The lowest BCUT2D eigenvalue weighted by Crippen LogP contribution is -2.58. The molecule has 2 atom stereocenters. The monoisotopic (exact) mass is 590 g/mol. The highest BCUT2D eigenvalue weighted by Crippen LogP contribution is 2.37. The van der Waals surface area contributed by atoms with E-state index in [1.54, 1.807) is 24.8 Å². The number of aromatic nitrogens is 3. The number of fused-ring (bicyclic) bond motifs is 1. The summed E-state index contributed by atoms with van der Waals surface area (Å²) in [6.45, 7) is 19.0. The zero-order chi connectivity index (χ0) is 31.7. The zero-order valence-corrected chi connectivity index (χ0v) is 25.2. The van der Waals surface area contributed by atoms with Crippen molar-refractivity contribution in [2.45, 2.75) is 53.6 Å². The van der Waals surface area contributed by atoms with Crippen LogP contribution in [0.4, 0.5) is 14.6 Å². The summed E-state index contributed by atoms with van der Waals surface area (Å²) in [4.78, 5) is 43.2. The third kappa shape index (κ3) is 5.59. The summed E-state index contributed by atoms with van der Waals surface area (Å²) in [5.74, 6) is -2.51. The van der Waals surface area contributed by atoms with Gasteiger partial charge in [0.2, 0.25) is 5.91 Å². The Hall–Kier alpha value is -4.67. The van der Waals surface area contributed by atoms with E-state index < -0.39 is 34.3 Å². The third-order valence-corrected chi connectivity index (χ3v) is 7.67. The number of halogens is 2. The predicted octanol–water partition coefficient (Wildman–Crippen LogP) is 5.55.